The predicted octanol–water partition coefficient (Wildman–Crippen LogP) is 4.18. The van der Waals surface area contributed by atoms with Crippen molar-refractivity contribution in [2.24, 2.45) is 0 Å². The summed E-state index contributed by atoms with van der Waals surface area (Å²) in [6, 6.07) is 9.71. The molecule has 2 aliphatic carbocycles. The normalized spacial score (nSPS) is 20.8. The first-order valence-electron chi connectivity index (χ1n) is 8.33. The van der Waals surface area contributed by atoms with Gasteiger partial charge in [-0.25, -0.2) is 0 Å². The van der Waals surface area contributed by atoms with E-state index in [9.17, 15) is 0 Å². The lowest BCUT2D eigenvalue weighted by Crippen LogP contribution is -2.15. The molecule has 110 valence electrons. The zero-order valence-corrected chi connectivity index (χ0v) is 12.4. The van der Waals surface area contributed by atoms with Crippen LogP contribution >= 0.6 is 0 Å². The van der Waals surface area contributed by atoms with Crippen molar-refractivity contribution in [2.75, 3.05) is 0 Å². The number of hydrogen-bond acceptors (Lipinski definition) is 2. The predicted molar refractivity (Wildman–Crippen MR) is 82.6 cm³/mol. The van der Waals surface area contributed by atoms with E-state index in [0.29, 0.717) is 6.10 Å². The minimum atomic E-state index is 0.494. The molecule has 2 aliphatic rings. The highest BCUT2D eigenvalue weighted by Crippen LogP contribution is 2.21. The van der Waals surface area contributed by atoms with Crippen molar-refractivity contribution in [3.8, 4) is 0 Å². The highest BCUT2D eigenvalue weighted by Gasteiger charge is 2.19. The van der Waals surface area contributed by atoms with Gasteiger partial charge in [0.25, 0.3) is 0 Å². The maximum atomic E-state index is 6.08. The molecule has 20 heavy (non-hydrogen) atoms. The maximum Gasteiger partial charge on any atom is 0.0720 e. The number of benzene rings is 1. The Morgan fingerprint density at radius 2 is 1.50 bits per heavy atom. The smallest absolute Gasteiger partial charge is 0.0720 e. The van der Waals surface area contributed by atoms with E-state index in [4.69, 9.17) is 4.74 Å². The fraction of sp³-hybridized carbons (Fsp3) is 0.667. The van der Waals surface area contributed by atoms with Crippen LogP contribution in [-0.4, -0.2) is 12.1 Å². The van der Waals surface area contributed by atoms with Gasteiger partial charge >= 0.3 is 0 Å². The van der Waals surface area contributed by atoms with Gasteiger partial charge in [-0.05, 0) is 36.8 Å². The van der Waals surface area contributed by atoms with Crippen LogP contribution < -0.4 is 5.32 Å². The van der Waals surface area contributed by atoms with Gasteiger partial charge in [0.2, 0.25) is 0 Å². The molecule has 0 unspecified atom stereocenters. The number of rotatable bonds is 6. The van der Waals surface area contributed by atoms with Crippen LogP contribution in [0.25, 0.3) is 0 Å². The molecule has 0 amide bonds. The fourth-order valence-electron chi connectivity index (χ4n) is 2.93. The van der Waals surface area contributed by atoms with Crippen LogP contribution in [0, 0.1) is 0 Å². The Balaban J connectivity index is 1.42. The first-order chi connectivity index (χ1) is 9.90. The van der Waals surface area contributed by atoms with Crippen molar-refractivity contribution >= 4 is 0 Å². The van der Waals surface area contributed by atoms with E-state index in [-0.39, 0.29) is 0 Å². The Kier molecular flexibility index (Phi) is 5.10. The second kappa shape index (κ2) is 7.24. The molecule has 0 atom stereocenters. The van der Waals surface area contributed by atoms with Gasteiger partial charge < -0.3 is 10.1 Å². The van der Waals surface area contributed by atoms with Crippen molar-refractivity contribution in [1.29, 1.82) is 0 Å². The molecule has 1 aromatic carbocycles. The Morgan fingerprint density at radius 3 is 2.15 bits per heavy atom. The van der Waals surface area contributed by atoms with Crippen LogP contribution in [0.4, 0.5) is 0 Å². The molecule has 1 aromatic rings. The average molecular weight is 273 g/mol. The van der Waals surface area contributed by atoms with E-state index in [2.05, 4.69) is 29.6 Å². The Bertz CT molecular complexity index is 388. The Morgan fingerprint density at radius 1 is 0.850 bits per heavy atom. The summed E-state index contributed by atoms with van der Waals surface area (Å²) < 4.78 is 6.08. The summed E-state index contributed by atoms with van der Waals surface area (Å²) in [5.41, 5.74) is 2.69. The van der Waals surface area contributed by atoms with E-state index >= 15 is 0 Å². The van der Waals surface area contributed by atoms with E-state index in [0.717, 1.165) is 19.2 Å². The molecule has 2 heteroatoms. The molecule has 2 saturated carbocycles. The van der Waals surface area contributed by atoms with Gasteiger partial charge in [0.05, 0.1) is 12.7 Å². The molecule has 1 N–H and O–H groups in total. The summed E-state index contributed by atoms with van der Waals surface area (Å²) >= 11 is 0. The number of nitrogens with one attached hydrogen (secondary N) is 1. The summed E-state index contributed by atoms with van der Waals surface area (Å²) in [6.45, 7) is 1.79. The van der Waals surface area contributed by atoms with E-state index in [1.54, 1.807) is 0 Å². The zero-order chi connectivity index (χ0) is 13.6. The molecule has 0 aliphatic heterocycles. The quantitative estimate of drug-likeness (QED) is 0.785. The van der Waals surface area contributed by atoms with Gasteiger partial charge in [-0.3, -0.25) is 0 Å². The van der Waals surface area contributed by atoms with Crippen LogP contribution in [0.3, 0.4) is 0 Å². The summed E-state index contributed by atoms with van der Waals surface area (Å²) in [6.07, 6.45) is 11.2. The molecule has 2 nitrogen and oxygen atoms in total. The van der Waals surface area contributed by atoms with E-state index in [1.165, 1.54) is 62.5 Å². The third-order valence-corrected chi connectivity index (χ3v) is 4.48. The molecule has 0 aromatic heterocycles. The van der Waals surface area contributed by atoms with Crippen LogP contribution in [-0.2, 0) is 17.9 Å². The summed E-state index contributed by atoms with van der Waals surface area (Å²) in [5.74, 6) is 0. The highest BCUT2D eigenvalue weighted by atomic mass is 16.5. The minimum Gasteiger partial charge on any atom is -0.374 e. The SMILES string of the molecule is c1cc(COC2CCCCCC2)ccc1CNC1CC1. The maximum absolute atomic E-state index is 6.08. The van der Waals surface area contributed by atoms with Gasteiger partial charge in [-0.1, -0.05) is 49.9 Å². The third kappa shape index (κ3) is 4.60. The number of ether oxygens (including phenoxy) is 1. The second-order valence-corrected chi connectivity index (χ2v) is 6.40. The zero-order valence-electron chi connectivity index (χ0n) is 12.4. The average Bonchev–Trinajstić information content (AvgIpc) is 3.31. The standard InChI is InChI=1S/C18H27NO/c1-2-4-6-18(5-3-1)20-14-16-9-7-15(8-10-16)13-19-17-11-12-17/h7-10,17-19H,1-6,11-14H2. The van der Waals surface area contributed by atoms with E-state index in [1.807, 2.05) is 0 Å². The highest BCUT2D eigenvalue weighted by molar-refractivity contribution is 5.22. The lowest BCUT2D eigenvalue weighted by Gasteiger charge is -2.15. The lowest BCUT2D eigenvalue weighted by atomic mass is 10.1. The first kappa shape index (κ1) is 14.1. The van der Waals surface area contributed by atoms with Crippen molar-refractivity contribution in [2.45, 2.75) is 76.7 Å². The number of hydrogen-bond donors (Lipinski definition) is 1. The lowest BCUT2D eigenvalue weighted by molar-refractivity contribution is 0.0310. The second-order valence-electron chi connectivity index (χ2n) is 6.40. The Hall–Kier alpha value is -0.860. The van der Waals surface area contributed by atoms with Crippen LogP contribution in [0.2, 0.25) is 0 Å². The molecular formula is C18H27NO. The summed E-state index contributed by atoms with van der Waals surface area (Å²) in [7, 11) is 0. The van der Waals surface area contributed by atoms with Crippen molar-refractivity contribution in [3.63, 3.8) is 0 Å². The summed E-state index contributed by atoms with van der Waals surface area (Å²) in [5, 5.41) is 3.55. The fourth-order valence-corrected chi connectivity index (χ4v) is 2.93. The molecular weight excluding hydrogens is 246 g/mol. The van der Waals surface area contributed by atoms with Gasteiger partial charge in [0, 0.05) is 12.6 Å². The molecule has 0 heterocycles. The summed E-state index contributed by atoms with van der Waals surface area (Å²) in [4.78, 5) is 0. The minimum absolute atomic E-state index is 0.494. The first-order valence-corrected chi connectivity index (χ1v) is 8.33. The molecule has 0 spiro atoms. The topological polar surface area (TPSA) is 21.3 Å². The van der Waals surface area contributed by atoms with Gasteiger partial charge in [-0.2, -0.15) is 0 Å². The third-order valence-electron chi connectivity index (χ3n) is 4.48. The van der Waals surface area contributed by atoms with Crippen molar-refractivity contribution in [1.82, 2.24) is 5.32 Å². The van der Waals surface area contributed by atoms with Gasteiger partial charge in [0.15, 0.2) is 0 Å². The molecule has 0 radical (unpaired) electrons. The monoisotopic (exact) mass is 273 g/mol. The van der Waals surface area contributed by atoms with Crippen LogP contribution in [0.5, 0.6) is 0 Å². The van der Waals surface area contributed by atoms with E-state index < -0.39 is 0 Å². The molecule has 0 saturated heterocycles. The largest absolute Gasteiger partial charge is 0.374 e. The van der Waals surface area contributed by atoms with Crippen molar-refractivity contribution < 1.29 is 4.74 Å². The molecule has 0 bridgehead atoms. The molecule has 3 rings (SSSR count). The van der Waals surface area contributed by atoms with Gasteiger partial charge in [-0.15, -0.1) is 0 Å². The van der Waals surface area contributed by atoms with Crippen LogP contribution in [0.15, 0.2) is 24.3 Å². The van der Waals surface area contributed by atoms with Crippen LogP contribution in [0.1, 0.15) is 62.5 Å². The van der Waals surface area contributed by atoms with Gasteiger partial charge in [0.1, 0.15) is 0 Å². The molecule has 2 fully saturated rings. The Labute approximate surface area is 122 Å². The van der Waals surface area contributed by atoms with Crippen molar-refractivity contribution in [3.05, 3.63) is 35.4 Å².